The zero-order valence-electron chi connectivity index (χ0n) is 7.00. The second-order valence-corrected chi connectivity index (χ2v) is 2.60. The van der Waals surface area contributed by atoms with Gasteiger partial charge in [-0.15, -0.1) is 0 Å². The normalized spacial score (nSPS) is 9.31. The van der Waals surface area contributed by atoms with Gasteiger partial charge in [0.05, 0.1) is 0 Å². The van der Waals surface area contributed by atoms with Crippen LogP contribution in [0.5, 0.6) is 0 Å². The van der Waals surface area contributed by atoms with Gasteiger partial charge in [0.2, 0.25) is 0 Å². The summed E-state index contributed by atoms with van der Waals surface area (Å²) in [5.41, 5.74) is 5.48. The molecule has 1 rings (SSSR count). The average Bonchev–Trinajstić information content (AvgIpc) is 2.11. The molecule has 0 aliphatic rings. The summed E-state index contributed by atoms with van der Waals surface area (Å²) in [7, 11) is 0. The SMILES string of the molecule is CCNc1nc(N)c(C#N)nc1Cl. The van der Waals surface area contributed by atoms with Crippen molar-refractivity contribution in [2.45, 2.75) is 6.92 Å². The van der Waals surface area contributed by atoms with Crippen molar-refractivity contribution in [3.05, 3.63) is 10.8 Å². The predicted octanol–water partition coefficient (Wildman–Crippen LogP) is 1.02. The number of rotatable bonds is 2. The minimum Gasteiger partial charge on any atom is -0.381 e. The molecule has 0 saturated heterocycles. The van der Waals surface area contributed by atoms with Crippen LogP contribution in [0.25, 0.3) is 0 Å². The van der Waals surface area contributed by atoms with Gasteiger partial charge in [-0.3, -0.25) is 0 Å². The third kappa shape index (κ3) is 1.98. The molecule has 0 fully saturated rings. The Kier molecular flexibility index (Phi) is 2.88. The fourth-order valence-corrected chi connectivity index (χ4v) is 0.984. The summed E-state index contributed by atoms with van der Waals surface area (Å²) in [4.78, 5) is 7.65. The molecule has 0 bridgehead atoms. The van der Waals surface area contributed by atoms with Gasteiger partial charge in [-0.05, 0) is 6.92 Å². The van der Waals surface area contributed by atoms with Crippen LogP contribution < -0.4 is 11.1 Å². The predicted molar refractivity (Wildman–Crippen MR) is 50.3 cm³/mol. The van der Waals surface area contributed by atoms with Crippen LogP contribution in [0, 0.1) is 11.3 Å². The summed E-state index contributed by atoms with van der Waals surface area (Å²) in [6.07, 6.45) is 0. The van der Waals surface area contributed by atoms with Crippen LogP contribution in [0.3, 0.4) is 0 Å². The maximum absolute atomic E-state index is 8.55. The van der Waals surface area contributed by atoms with Crippen molar-refractivity contribution in [1.82, 2.24) is 9.97 Å². The summed E-state index contributed by atoms with van der Waals surface area (Å²) >= 11 is 5.72. The van der Waals surface area contributed by atoms with Crippen molar-refractivity contribution in [3.63, 3.8) is 0 Å². The first-order valence-electron chi connectivity index (χ1n) is 3.66. The monoisotopic (exact) mass is 197 g/mol. The zero-order valence-corrected chi connectivity index (χ0v) is 7.76. The molecule has 0 aliphatic carbocycles. The molecule has 0 unspecified atom stereocenters. The summed E-state index contributed by atoms with van der Waals surface area (Å²) in [5, 5.41) is 11.6. The molecule has 1 aromatic rings. The highest BCUT2D eigenvalue weighted by molar-refractivity contribution is 6.31. The van der Waals surface area contributed by atoms with Crippen LogP contribution in [-0.2, 0) is 0 Å². The van der Waals surface area contributed by atoms with E-state index in [4.69, 9.17) is 22.6 Å². The molecular weight excluding hydrogens is 190 g/mol. The van der Waals surface area contributed by atoms with E-state index < -0.39 is 0 Å². The molecule has 0 amide bonds. The number of nitrogens with two attached hydrogens (primary N) is 1. The third-order valence-corrected chi connectivity index (χ3v) is 1.59. The van der Waals surface area contributed by atoms with E-state index in [9.17, 15) is 0 Å². The molecule has 0 radical (unpaired) electrons. The number of nitrogens with zero attached hydrogens (tertiary/aromatic N) is 3. The highest BCUT2D eigenvalue weighted by atomic mass is 35.5. The van der Waals surface area contributed by atoms with Gasteiger partial charge in [-0.2, -0.15) is 5.26 Å². The Bertz CT molecular complexity index is 357. The molecule has 1 aromatic heterocycles. The summed E-state index contributed by atoms with van der Waals surface area (Å²) < 4.78 is 0. The van der Waals surface area contributed by atoms with Crippen molar-refractivity contribution in [3.8, 4) is 6.07 Å². The van der Waals surface area contributed by atoms with Crippen LogP contribution in [0.15, 0.2) is 0 Å². The van der Waals surface area contributed by atoms with Gasteiger partial charge in [0.15, 0.2) is 22.5 Å². The standard InChI is InChI=1S/C7H8ClN5/c1-2-11-7-5(8)12-4(3-9)6(10)13-7/h2H2,1H3,(H3,10,11,13). The maximum Gasteiger partial charge on any atom is 0.184 e. The highest BCUT2D eigenvalue weighted by Gasteiger charge is 2.08. The molecule has 13 heavy (non-hydrogen) atoms. The Morgan fingerprint density at radius 1 is 1.62 bits per heavy atom. The van der Waals surface area contributed by atoms with Gasteiger partial charge in [0, 0.05) is 6.54 Å². The van der Waals surface area contributed by atoms with Crippen molar-refractivity contribution in [1.29, 1.82) is 5.26 Å². The molecule has 6 heteroatoms. The fourth-order valence-electron chi connectivity index (χ4n) is 0.790. The molecule has 0 aliphatic heterocycles. The summed E-state index contributed by atoms with van der Waals surface area (Å²) in [6.45, 7) is 2.56. The van der Waals surface area contributed by atoms with Crippen molar-refractivity contribution in [2.75, 3.05) is 17.6 Å². The number of hydrogen-bond donors (Lipinski definition) is 2. The number of aromatic nitrogens is 2. The summed E-state index contributed by atoms with van der Waals surface area (Å²) in [5.74, 6) is 0.489. The number of anilines is 2. The number of nitriles is 1. The van der Waals surface area contributed by atoms with Crippen molar-refractivity contribution >= 4 is 23.2 Å². The van der Waals surface area contributed by atoms with Crippen molar-refractivity contribution in [2.24, 2.45) is 0 Å². The van der Waals surface area contributed by atoms with Crippen LogP contribution in [-0.4, -0.2) is 16.5 Å². The molecule has 0 spiro atoms. The lowest BCUT2D eigenvalue weighted by atomic mass is 10.4. The van der Waals surface area contributed by atoms with E-state index in [1.165, 1.54) is 0 Å². The van der Waals surface area contributed by atoms with Crippen LogP contribution >= 0.6 is 11.6 Å². The molecule has 0 atom stereocenters. The van der Waals surface area contributed by atoms with Crippen LogP contribution in [0.2, 0.25) is 5.15 Å². The van der Waals surface area contributed by atoms with E-state index >= 15 is 0 Å². The molecule has 1 heterocycles. The Morgan fingerprint density at radius 3 is 2.85 bits per heavy atom. The lowest BCUT2D eigenvalue weighted by Gasteiger charge is -2.05. The molecule has 5 nitrogen and oxygen atoms in total. The molecule has 0 aromatic carbocycles. The van der Waals surface area contributed by atoms with E-state index in [1.807, 2.05) is 6.92 Å². The zero-order chi connectivity index (χ0) is 9.84. The maximum atomic E-state index is 8.55. The number of nitrogens with one attached hydrogen (secondary N) is 1. The average molecular weight is 198 g/mol. The smallest absolute Gasteiger partial charge is 0.184 e. The minimum atomic E-state index is 0.0478. The minimum absolute atomic E-state index is 0.0478. The number of nitrogen functional groups attached to an aromatic ring is 1. The quantitative estimate of drug-likeness (QED) is 0.739. The van der Waals surface area contributed by atoms with Crippen LogP contribution in [0.4, 0.5) is 11.6 Å². The topological polar surface area (TPSA) is 87.6 Å². The lowest BCUT2D eigenvalue weighted by Crippen LogP contribution is -2.06. The van der Waals surface area contributed by atoms with Gasteiger partial charge in [0.1, 0.15) is 6.07 Å². The second kappa shape index (κ2) is 3.92. The second-order valence-electron chi connectivity index (χ2n) is 2.24. The van der Waals surface area contributed by atoms with E-state index in [1.54, 1.807) is 6.07 Å². The summed E-state index contributed by atoms with van der Waals surface area (Å²) in [6, 6.07) is 1.79. The van der Waals surface area contributed by atoms with Gasteiger partial charge in [0.25, 0.3) is 0 Å². The largest absolute Gasteiger partial charge is 0.381 e. The third-order valence-electron chi connectivity index (χ3n) is 1.33. The molecular formula is C7H8ClN5. The first-order chi connectivity index (χ1) is 6.19. The Morgan fingerprint density at radius 2 is 2.31 bits per heavy atom. The Labute approximate surface area is 80.6 Å². The van der Waals surface area contributed by atoms with Gasteiger partial charge in [-0.25, -0.2) is 9.97 Å². The Hall–Kier alpha value is -1.54. The van der Waals surface area contributed by atoms with Crippen molar-refractivity contribution < 1.29 is 0 Å². The van der Waals surface area contributed by atoms with E-state index in [0.29, 0.717) is 12.4 Å². The van der Waals surface area contributed by atoms with E-state index in [-0.39, 0.29) is 16.7 Å². The van der Waals surface area contributed by atoms with Gasteiger partial charge >= 0.3 is 0 Å². The number of hydrogen-bond acceptors (Lipinski definition) is 5. The van der Waals surface area contributed by atoms with E-state index in [0.717, 1.165) is 0 Å². The first-order valence-corrected chi connectivity index (χ1v) is 4.03. The Balaban J connectivity index is 3.14. The fraction of sp³-hybridized carbons (Fsp3) is 0.286. The highest BCUT2D eigenvalue weighted by Crippen LogP contribution is 2.19. The molecule has 68 valence electrons. The van der Waals surface area contributed by atoms with E-state index in [2.05, 4.69) is 15.3 Å². The number of halogens is 1. The molecule has 0 saturated carbocycles. The lowest BCUT2D eigenvalue weighted by molar-refractivity contribution is 1.11. The van der Waals surface area contributed by atoms with Crippen LogP contribution in [0.1, 0.15) is 12.6 Å². The van der Waals surface area contributed by atoms with Gasteiger partial charge in [-0.1, -0.05) is 11.6 Å². The van der Waals surface area contributed by atoms with Gasteiger partial charge < -0.3 is 11.1 Å². The first kappa shape index (κ1) is 9.55. The molecule has 3 N–H and O–H groups in total.